The highest BCUT2D eigenvalue weighted by molar-refractivity contribution is 5.44. The molecule has 0 saturated heterocycles. The van der Waals surface area contributed by atoms with Gasteiger partial charge in [0.25, 0.3) is 0 Å². The smallest absolute Gasteiger partial charge is 0.116 e. The predicted molar refractivity (Wildman–Crippen MR) is 35.2 cm³/mol. The molecule has 0 unspecified atom stereocenters. The van der Waals surface area contributed by atoms with Crippen LogP contribution >= 0.6 is 0 Å². The van der Waals surface area contributed by atoms with E-state index in [1.807, 2.05) is 0 Å². The lowest BCUT2D eigenvalue weighted by atomic mass is 11.0. The first-order chi connectivity index (χ1) is 4.24. The van der Waals surface area contributed by atoms with Gasteiger partial charge in [-0.15, -0.1) is 0 Å². The number of hydrogen-bond acceptors (Lipinski definition) is 3. The molecule has 0 atom stereocenters. The molecule has 3 nitrogen and oxygen atoms in total. The van der Waals surface area contributed by atoms with Crippen molar-refractivity contribution in [3.8, 4) is 0 Å². The lowest BCUT2D eigenvalue weighted by Gasteiger charge is -1.24. The Kier molecular flexibility index (Phi) is 109. The van der Waals surface area contributed by atoms with E-state index in [1.54, 1.807) is 0 Å². The molecule has 0 aromatic heterocycles. The zero-order valence-electron chi connectivity index (χ0n) is 5.96. The second-order valence-electron chi connectivity index (χ2n) is 0.707. The van der Waals surface area contributed by atoms with Gasteiger partial charge in [0.15, 0.2) is 0 Å². The van der Waals surface area contributed by atoms with Crippen molar-refractivity contribution >= 4 is 18.9 Å². The van der Waals surface area contributed by atoms with Crippen LogP contribution in [-0.4, -0.2) is 18.9 Å². The number of carbonyl (C=O) groups is 3. The molecule has 3 heteroatoms. The highest BCUT2D eigenvalue weighted by Crippen LogP contribution is 1.13. The first-order valence-corrected chi connectivity index (χ1v) is 2.44. The van der Waals surface area contributed by atoms with Gasteiger partial charge in [-0.05, 0) is 20.8 Å². The van der Waals surface area contributed by atoms with E-state index in [9.17, 15) is 0 Å². The molecule has 0 radical (unpaired) electrons. The number of aldehydes is 3. The minimum absolute atomic E-state index is 0.750. The second-order valence-corrected chi connectivity index (χ2v) is 0.707. The van der Waals surface area contributed by atoms with Crippen molar-refractivity contribution in [1.29, 1.82) is 0 Å². The van der Waals surface area contributed by atoms with E-state index in [0.29, 0.717) is 0 Å². The Morgan fingerprint density at radius 1 is 0.667 bits per heavy atom. The summed E-state index contributed by atoms with van der Waals surface area (Å²) >= 11 is 0. The van der Waals surface area contributed by atoms with Gasteiger partial charge in [0.1, 0.15) is 18.9 Å². The van der Waals surface area contributed by atoms with Crippen molar-refractivity contribution in [3.63, 3.8) is 0 Å². The summed E-state index contributed by atoms with van der Waals surface area (Å²) in [5, 5.41) is 0. The van der Waals surface area contributed by atoms with Crippen LogP contribution in [0.15, 0.2) is 0 Å². The molecule has 54 valence electrons. The molecule has 9 heavy (non-hydrogen) atoms. The van der Waals surface area contributed by atoms with Crippen LogP contribution in [0.5, 0.6) is 0 Å². The van der Waals surface area contributed by atoms with Crippen molar-refractivity contribution in [2.24, 2.45) is 0 Å². The van der Waals surface area contributed by atoms with Crippen LogP contribution < -0.4 is 0 Å². The van der Waals surface area contributed by atoms with Gasteiger partial charge in [0.2, 0.25) is 0 Å². The van der Waals surface area contributed by atoms with Gasteiger partial charge in [-0.1, -0.05) is 0 Å². The maximum atomic E-state index is 8.81. The van der Waals surface area contributed by atoms with Crippen LogP contribution in [0.1, 0.15) is 20.8 Å². The minimum Gasteiger partial charge on any atom is -0.304 e. The van der Waals surface area contributed by atoms with Crippen LogP contribution in [0.4, 0.5) is 0 Å². The highest BCUT2D eigenvalue weighted by atomic mass is 16.1. The molecule has 0 heterocycles. The quantitative estimate of drug-likeness (QED) is 0.454. The standard InChI is InChI=1S/3C2H4O/c3*1-2-3/h3*2H,1H3. The van der Waals surface area contributed by atoms with Crippen molar-refractivity contribution in [1.82, 2.24) is 0 Å². The summed E-state index contributed by atoms with van der Waals surface area (Å²) < 4.78 is 0. The van der Waals surface area contributed by atoms with Crippen LogP contribution in [0.2, 0.25) is 0 Å². The third kappa shape index (κ3) is 180. The summed E-state index contributed by atoms with van der Waals surface area (Å²) in [6.07, 6.45) is 2.25. The van der Waals surface area contributed by atoms with E-state index in [1.165, 1.54) is 20.8 Å². The van der Waals surface area contributed by atoms with Gasteiger partial charge in [0.05, 0.1) is 0 Å². The molecule has 0 aliphatic carbocycles. The van der Waals surface area contributed by atoms with Crippen LogP contribution in [-0.2, 0) is 14.4 Å². The largest absolute Gasteiger partial charge is 0.304 e. The predicted octanol–water partition coefficient (Wildman–Crippen LogP) is 0.616. The molecule has 0 fully saturated rings. The van der Waals surface area contributed by atoms with Crippen LogP contribution in [0, 0.1) is 0 Å². The van der Waals surface area contributed by atoms with Crippen molar-refractivity contribution in [3.05, 3.63) is 0 Å². The maximum absolute atomic E-state index is 8.81. The van der Waals surface area contributed by atoms with Gasteiger partial charge in [-0.3, -0.25) is 0 Å². The Labute approximate surface area is 55.1 Å². The van der Waals surface area contributed by atoms with E-state index in [4.69, 9.17) is 14.4 Å². The Balaban J connectivity index is -0.0000000600. The summed E-state index contributed by atoms with van der Waals surface area (Å²) in [5.74, 6) is 0. The van der Waals surface area contributed by atoms with E-state index >= 15 is 0 Å². The lowest BCUT2D eigenvalue weighted by molar-refractivity contribution is -0.106. The first-order valence-electron chi connectivity index (χ1n) is 2.44. The second kappa shape index (κ2) is 62.7. The Bertz CT molecular complexity index is 45.1. The molecule has 0 rings (SSSR count). The Morgan fingerprint density at radius 2 is 0.667 bits per heavy atom. The fourth-order valence-electron chi connectivity index (χ4n) is 0. The number of carbonyl (C=O) groups excluding carboxylic acids is 3. The molecule has 0 aromatic rings. The molecule has 0 aliphatic heterocycles. The maximum Gasteiger partial charge on any atom is 0.116 e. The van der Waals surface area contributed by atoms with Gasteiger partial charge in [-0.25, -0.2) is 0 Å². The molecule has 0 amide bonds. The van der Waals surface area contributed by atoms with Crippen molar-refractivity contribution in [2.45, 2.75) is 20.8 Å². The topological polar surface area (TPSA) is 51.2 Å². The van der Waals surface area contributed by atoms with Gasteiger partial charge in [0, 0.05) is 0 Å². The fourth-order valence-corrected chi connectivity index (χ4v) is 0. The SMILES string of the molecule is CC=O.CC=O.CC=O. The highest BCUT2D eigenvalue weighted by Gasteiger charge is 1.25. The first kappa shape index (κ1) is 15.7. The minimum atomic E-state index is 0.750. The molecular weight excluding hydrogens is 120 g/mol. The summed E-state index contributed by atoms with van der Waals surface area (Å²) in [6, 6.07) is 0. The molecular formula is C6H12O3. The summed E-state index contributed by atoms with van der Waals surface area (Å²) in [6.45, 7) is 4.33. The van der Waals surface area contributed by atoms with E-state index in [2.05, 4.69) is 0 Å². The number of hydrogen-bond donors (Lipinski definition) is 0. The summed E-state index contributed by atoms with van der Waals surface area (Å²) in [4.78, 5) is 26.4. The lowest BCUT2D eigenvalue weighted by Crippen LogP contribution is -1.36. The zero-order chi connectivity index (χ0) is 8.12. The van der Waals surface area contributed by atoms with E-state index in [-0.39, 0.29) is 0 Å². The monoisotopic (exact) mass is 132 g/mol. The average molecular weight is 132 g/mol. The average Bonchev–Trinajstić information content (AvgIpc) is 1.70. The molecule has 0 N–H and O–H groups in total. The fraction of sp³-hybridized carbons (Fsp3) is 0.500. The van der Waals surface area contributed by atoms with E-state index in [0.717, 1.165) is 18.9 Å². The third-order valence-corrected chi connectivity index (χ3v) is 0. The van der Waals surface area contributed by atoms with Gasteiger partial charge in [-0.2, -0.15) is 0 Å². The van der Waals surface area contributed by atoms with Crippen molar-refractivity contribution in [2.75, 3.05) is 0 Å². The number of rotatable bonds is 0. The summed E-state index contributed by atoms with van der Waals surface area (Å²) in [5.41, 5.74) is 0. The van der Waals surface area contributed by atoms with Gasteiger partial charge < -0.3 is 14.4 Å². The normalized spacial score (nSPS) is 4.33. The van der Waals surface area contributed by atoms with E-state index < -0.39 is 0 Å². The summed E-state index contributed by atoms with van der Waals surface area (Å²) in [7, 11) is 0. The molecule has 0 saturated carbocycles. The van der Waals surface area contributed by atoms with Crippen molar-refractivity contribution < 1.29 is 14.4 Å². The Hall–Kier alpha value is -0.990. The Morgan fingerprint density at radius 3 is 0.667 bits per heavy atom. The van der Waals surface area contributed by atoms with Gasteiger partial charge >= 0.3 is 0 Å². The molecule has 0 aromatic carbocycles. The zero-order valence-corrected chi connectivity index (χ0v) is 5.96. The molecule has 0 spiro atoms. The molecule has 0 bridgehead atoms. The van der Waals surface area contributed by atoms with Crippen LogP contribution in [0.3, 0.4) is 0 Å². The van der Waals surface area contributed by atoms with Crippen LogP contribution in [0.25, 0.3) is 0 Å². The molecule has 0 aliphatic rings. The third-order valence-electron chi connectivity index (χ3n) is 0.